The molecule has 2 atom stereocenters. The van der Waals surface area contributed by atoms with Gasteiger partial charge in [0.15, 0.2) is 0 Å². The molecule has 0 bridgehead atoms. The van der Waals surface area contributed by atoms with E-state index >= 15 is 0 Å². The van der Waals surface area contributed by atoms with E-state index in [-0.39, 0.29) is 42.8 Å². The van der Waals surface area contributed by atoms with Gasteiger partial charge in [0.05, 0.1) is 12.1 Å². The highest BCUT2D eigenvalue weighted by molar-refractivity contribution is 5.85. The molecule has 1 fully saturated rings. The number of hydrogen-bond donors (Lipinski definition) is 2. The molecule has 3 rings (SSSR count). The fourth-order valence-corrected chi connectivity index (χ4v) is 2.86. The average Bonchev–Trinajstić information content (AvgIpc) is 2.99. The first-order valence-corrected chi connectivity index (χ1v) is 7.89. The van der Waals surface area contributed by atoms with Crippen LogP contribution in [0, 0.1) is 0 Å². The molecule has 134 valence electrons. The molecule has 2 heterocycles. The van der Waals surface area contributed by atoms with E-state index in [2.05, 4.69) is 15.5 Å². The van der Waals surface area contributed by atoms with E-state index in [1.54, 1.807) is 0 Å². The third-order valence-corrected chi connectivity index (χ3v) is 4.31. The second kappa shape index (κ2) is 9.28. The number of rotatable bonds is 4. The Morgan fingerprint density at radius 1 is 1.21 bits per heavy atom. The number of furan rings is 1. The minimum Gasteiger partial charge on any atom is -0.459 e. The van der Waals surface area contributed by atoms with E-state index < -0.39 is 0 Å². The SMILES string of the molecule is CC(NC(=O)C(C)N1CCNCC1)c1cc2ccccc2o1.Cl.Cl. The first kappa shape index (κ1) is 20.8. The van der Waals surface area contributed by atoms with Crippen LogP contribution in [0.15, 0.2) is 34.7 Å². The molecular formula is C17H25Cl2N3O2. The van der Waals surface area contributed by atoms with Crippen molar-refractivity contribution in [2.24, 2.45) is 0 Å². The molecule has 1 aromatic carbocycles. The van der Waals surface area contributed by atoms with Crippen LogP contribution in [0.25, 0.3) is 11.0 Å². The number of nitrogens with zero attached hydrogens (tertiary/aromatic N) is 1. The van der Waals surface area contributed by atoms with Crippen LogP contribution in [0.2, 0.25) is 0 Å². The van der Waals surface area contributed by atoms with Crippen molar-refractivity contribution in [3.8, 4) is 0 Å². The average molecular weight is 374 g/mol. The summed E-state index contributed by atoms with van der Waals surface area (Å²) >= 11 is 0. The van der Waals surface area contributed by atoms with Crippen molar-refractivity contribution in [2.75, 3.05) is 26.2 Å². The van der Waals surface area contributed by atoms with Gasteiger partial charge in [-0.25, -0.2) is 0 Å². The highest BCUT2D eigenvalue weighted by Gasteiger charge is 2.24. The van der Waals surface area contributed by atoms with Crippen LogP contribution in [0.4, 0.5) is 0 Å². The number of halogens is 2. The van der Waals surface area contributed by atoms with E-state index in [1.807, 2.05) is 44.2 Å². The standard InChI is InChI=1S/C17H23N3O2.2ClH/c1-12(16-11-14-5-3-4-6-15(14)22-16)19-17(21)13(2)20-9-7-18-8-10-20;;/h3-6,11-13,18H,7-10H2,1-2H3,(H,19,21);2*1H. The molecule has 1 saturated heterocycles. The molecule has 24 heavy (non-hydrogen) atoms. The Kier molecular flexibility index (Phi) is 8.03. The smallest absolute Gasteiger partial charge is 0.237 e. The Labute approximate surface area is 155 Å². The van der Waals surface area contributed by atoms with Gasteiger partial charge in [0.2, 0.25) is 5.91 Å². The second-order valence-corrected chi connectivity index (χ2v) is 5.88. The predicted molar refractivity (Wildman–Crippen MR) is 101 cm³/mol. The summed E-state index contributed by atoms with van der Waals surface area (Å²) in [6, 6.07) is 9.63. The number of nitrogens with one attached hydrogen (secondary N) is 2. The van der Waals surface area contributed by atoms with Crippen LogP contribution in [-0.2, 0) is 4.79 Å². The number of fused-ring (bicyclic) bond motifs is 1. The molecule has 0 radical (unpaired) electrons. The molecule has 0 spiro atoms. The van der Waals surface area contributed by atoms with Gasteiger partial charge in [-0.05, 0) is 26.0 Å². The number of carbonyl (C=O) groups excluding carboxylic acids is 1. The lowest BCUT2D eigenvalue weighted by Crippen LogP contribution is -2.52. The molecule has 5 nitrogen and oxygen atoms in total. The summed E-state index contributed by atoms with van der Waals surface area (Å²) in [4.78, 5) is 14.6. The zero-order valence-corrected chi connectivity index (χ0v) is 15.6. The van der Waals surface area contributed by atoms with Crippen molar-refractivity contribution >= 4 is 41.7 Å². The van der Waals surface area contributed by atoms with Crippen LogP contribution >= 0.6 is 24.8 Å². The zero-order chi connectivity index (χ0) is 15.5. The van der Waals surface area contributed by atoms with Gasteiger partial charge in [0.25, 0.3) is 0 Å². The highest BCUT2D eigenvalue weighted by atomic mass is 35.5. The summed E-state index contributed by atoms with van der Waals surface area (Å²) < 4.78 is 5.82. The molecule has 7 heteroatoms. The van der Waals surface area contributed by atoms with E-state index in [4.69, 9.17) is 4.42 Å². The summed E-state index contributed by atoms with van der Waals surface area (Å²) in [6.07, 6.45) is 0. The topological polar surface area (TPSA) is 57.5 Å². The van der Waals surface area contributed by atoms with Crippen LogP contribution in [0.3, 0.4) is 0 Å². The van der Waals surface area contributed by atoms with Crippen LogP contribution < -0.4 is 10.6 Å². The number of carbonyl (C=O) groups is 1. The zero-order valence-electron chi connectivity index (χ0n) is 14.0. The fourth-order valence-electron chi connectivity index (χ4n) is 2.86. The monoisotopic (exact) mass is 373 g/mol. The second-order valence-electron chi connectivity index (χ2n) is 5.88. The minimum absolute atomic E-state index is 0. The first-order chi connectivity index (χ1) is 10.6. The summed E-state index contributed by atoms with van der Waals surface area (Å²) in [6.45, 7) is 7.63. The van der Waals surface area contributed by atoms with Gasteiger partial charge >= 0.3 is 0 Å². The molecule has 1 aromatic heterocycles. The maximum absolute atomic E-state index is 12.4. The van der Waals surface area contributed by atoms with Gasteiger partial charge in [-0.15, -0.1) is 24.8 Å². The number of piperazine rings is 1. The molecule has 0 saturated carbocycles. The van der Waals surface area contributed by atoms with Crippen molar-refractivity contribution in [2.45, 2.75) is 25.9 Å². The Bertz CT molecular complexity index is 623. The Morgan fingerprint density at radius 3 is 2.54 bits per heavy atom. The lowest BCUT2D eigenvalue weighted by molar-refractivity contribution is -0.126. The first-order valence-electron chi connectivity index (χ1n) is 7.89. The molecule has 2 N–H and O–H groups in total. The molecule has 2 aromatic rings. The van der Waals surface area contributed by atoms with Gasteiger partial charge in [0.1, 0.15) is 11.3 Å². The van der Waals surface area contributed by atoms with Crippen molar-refractivity contribution in [3.63, 3.8) is 0 Å². The number of para-hydroxylation sites is 1. The lowest BCUT2D eigenvalue weighted by Gasteiger charge is -2.32. The van der Waals surface area contributed by atoms with Gasteiger partial charge < -0.3 is 15.1 Å². The molecule has 0 aliphatic carbocycles. The predicted octanol–water partition coefficient (Wildman–Crippen LogP) is 2.75. The molecule has 1 aliphatic rings. The van der Waals surface area contributed by atoms with E-state index in [0.29, 0.717) is 0 Å². The van der Waals surface area contributed by atoms with Crippen molar-refractivity contribution in [3.05, 3.63) is 36.1 Å². The summed E-state index contributed by atoms with van der Waals surface area (Å²) in [7, 11) is 0. The van der Waals surface area contributed by atoms with Crippen LogP contribution in [-0.4, -0.2) is 43.0 Å². The molecule has 1 amide bonds. The minimum atomic E-state index is -0.134. The van der Waals surface area contributed by atoms with Gasteiger partial charge in [-0.3, -0.25) is 9.69 Å². The van der Waals surface area contributed by atoms with E-state index in [1.165, 1.54) is 0 Å². The summed E-state index contributed by atoms with van der Waals surface area (Å²) in [5, 5.41) is 7.42. The van der Waals surface area contributed by atoms with Crippen LogP contribution in [0.5, 0.6) is 0 Å². The van der Waals surface area contributed by atoms with Crippen LogP contribution in [0.1, 0.15) is 25.6 Å². The van der Waals surface area contributed by atoms with Gasteiger partial charge in [-0.2, -0.15) is 0 Å². The molecular weight excluding hydrogens is 349 g/mol. The van der Waals surface area contributed by atoms with Crippen molar-refractivity contribution in [1.29, 1.82) is 0 Å². The van der Waals surface area contributed by atoms with E-state index in [0.717, 1.165) is 42.9 Å². The third kappa shape index (κ3) is 4.63. The van der Waals surface area contributed by atoms with E-state index in [9.17, 15) is 4.79 Å². The number of hydrogen-bond acceptors (Lipinski definition) is 4. The van der Waals surface area contributed by atoms with Crippen molar-refractivity contribution < 1.29 is 9.21 Å². The van der Waals surface area contributed by atoms with Gasteiger partial charge in [0, 0.05) is 31.6 Å². The highest BCUT2D eigenvalue weighted by Crippen LogP contribution is 2.23. The molecule has 1 aliphatic heterocycles. The maximum atomic E-state index is 12.4. The Balaban J connectivity index is 0.00000144. The number of benzene rings is 1. The lowest BCUT2D eigenvalue weighted by atomic mass is 10.2. The molecule has 2 unspecified atom stereocenters. The Morgan fingerprint density at radius 2 is 1.88 bits per heavy atom. The largest absolute Gasteiger partial charge is 0.459 e. The quantitative estimate of drug-likeness (QED) is 0.864. The maximum Gasteiger partial charge on any atom is 0.237 e. The number of amides is 1. The summed E-state index contributed by atoms with van der Waals surface area (Å²) in [5.41, 5.74) is 0.855. The summed E-state index contributed by atoms with van der Waals surface area (Å²) in [5.74, 6) is 0.844. The fraction of sp³-hybridized carbons (Fsp3) is 0.471. The third-order valence-electron chi connectivity index (χ3n) is 4.31. The van der Waals surface area contributed by atoms with Crippen molar-refractivity contribution in [1.82, 2.24) is 15.5 Å². The Hall–Kier alpha value is -1.27. The normalized spacial score (nSPS) is 17.4. The van der Waals surface area contributed by atoms with Gasteiger partial charge in [-0.1, -0.05) is 18.2 Å².